The van der Waals surface area contributed by atoms with Crippen molar-refractivity contribution >= 4 is 5.69 Å². The van der Waals surface area contributed by atoms with E-state index in [9.17, 15) is 0 Å². The van der Waals surface area contributed by atoms with E-state index in [-0.39, 0.29) is 6.04 Å². The first-order chi connectivity index (χ1) is 8.20. The quantitative estimate of drug-likeness (QED) is 0.790. The highest BCUT2D eigenvalue weighted by Crippen LogP contribution is 2.22. The van der Waals surface area contributed by atoms with Crippen molar-refractivity contribution in [2.24, 2.45) is 0 Å². The van der Waals surface area contributed by atoms with Crippen molar-refractivity contribution in [1.82, 2.24) is 5.32 Å². The largest absolute Gasteiger partial charge is 0.399 e. The molecular formula is C15H18N2. The molecule has 0 saturated carbocycles. The Morgan fingerprint density at radius 1 is 0.882 bits per heavy atom. The number of nitrogens with two attached hydrogens (primary N) is 1. The Morgan fingerprint density at radius 2 is 1.35 bits per heavy atom. The van der Waals surface area contributed by atoms with Crippen LogP contribution in [0.5, 0.6) is 0 Å². The molecule has 0 radical (unpaired) electrons. The molecule has 0 spiro atoms. The second kappa shape index (κ2) is 5.02. The summed E-state index contributed by atoms with van der Waals surface area (Å²) in [7, 11) is 1.97. The van der Waals surface area contributed by atoms with E-state index in [1.165, 1.54) is 16.7 Å². The van der Waals surface area contributed by atoms with Crippen LogP contribution in [0.3, 0.4) is 0 Å². The lowest BCUT2D eigenvalue weighted by molar-refractivity contribution is 0.692. The summed E-state index contributed by atoms with van der Waals surface area (Å²) in [5, 5.41) is 3.33. The minimum Gasteiger partial charge on any atom is -0.399 e. The minimum atomic E-state index is 0.219. The van der Waals surface area contributed by atoms with Crippen LogP contribution >= 0.6 is 0 Å². The van der Waals surface area contributed by atoms with E-state index in [1.54, 1.807) is 0 Å². The van der Waals surface area contributed by atoms with Gasteiger partial charge in [-0.05, 0) is 37.2 Å². The molecule has 0 aromatic heterocycles. The van der Waals surface area contributed by atoms with Gasteiger partial charge >= 0.3 is 0 Å². The maximum Gasteiger partial charge on any atom is 0.0574 e. The lowest BCUT2D eigenvalue weighted by Gasteiger charge is -2.17. The number of hydrogen-bond acceptors (Lipinski definition) is 2. The highest BCUT2D eigenvalue weighted by atomic mass is 14.9. The third-order valence-electron chi connectivity index (χ3n) is 2.97. The number of rotatable bonds is 3. The molecule has 2 nitrogen and oxygen atoms in total. The van der Waals surface area contributed by atoms with E-state index in [4.69, 9.17) is 5.73 Å². The Hall–Kier alpha value is -1.80. The Labute approximate surface area is 102 Å². The van der Waals surface area contributed by atoms with Gasteiger partial charge in [0.1, 0.15) is 0 Å². The summed E-state index contributed by atoms with van der Waals surface area (Å²) in [6.07, 6.45) is 0. The standard InChI is InChI=1S/C15H18N2/c1-11-3-5-12(6-4-11)15(17-2)13-7-9-14(16)10-8-13/h3-10,15,17H,16H2,1-2H3. The van der Waals surface area contributed by atoms with Crippen molar-refractivity contribution in [3.8, 4) is 0 Å². The molecule has 2 aromatic rings. The monoisotopic (exact) mass is 226 g/mol. The maximum absolute atomic E-state index is 5.71. The molecule has 2 heteroatoms. The SMILES string of the molecule is CNC(c1ccc(C)cc1)c1ccc(N)cc1. The summed E-state index contributed by atoms with van der Waals surface area (Å²) in [6, 6.07) is 16.8. The average Bonchev–Trinajstić information content (AvgIpc) is 2.35. The predicted octanol–water partition coefficient (Wildman–Crippen LogP) is 2.89. The molecular weight excluding hydrogens is 208 g/mol. The van der Waals surface area contributed by atoms with Gasteiger partial charge in [-0.2, -0.15) is 0 Å². The highest BCUT2D eigenvalue weighted by molar-refractivity contribution is 5.42. The van der Waals surface area contributed by atoms with Gasteiger partial charge in [-0.1, -0.05) is 42.0 Å². The Morgan fingerprint density at radius 3 is 1.82 bits per heavy atom. The molecule has 0 aliphatic rings. The molecule has 17 heavy (non-hydrogen) atoms. The van der Waals surface area contributed by atoms with E-state index in [1.807, 2.05) is 19.2 Å². The van der Waals surface area contributed by atoms with Gasteiger partial charge in [-0.15, -0.1) is 0 Å². The van der Waals surface area contributed by atoms with Gasteiger partial charge < -0.3 is 11.1 Å². The number of hydrogen-bond donors (Lipinski definition) is 2. The van der Waals surface area contributed by atoms with Crippen LogP contribution in [0.25, 0.3) is 0 Å². The number of nitrogen functional groups attached to an aromatic ring is 1. The van der Waals surface area contributed by atoms with Crippen LogP contribution < -0.4 is 11.1 Å². The van der Waals surface area contributed by atoms with Crippen molar-refractivity contribution < 1.29 is 0 Å². The van der Waals surface area contributed by atoms with Crippen LogP contribution in [-0.4, -0.2) is 7.05 Å². The van der Waals surface area contributed by atoms with Crippen molar-refractivity contribution in [3.05, 3.63) is 65.2 Å². The normalized spacial score (nSPS) is 12.4. The summed E-state index contributed by atoms with van der Waals surface area (Å²) in [6.45, 7) is 2.10. The third-order valence-corrected chi connectivity index (χ3v) is 2.97. The summed E-state index contributed by atoms with van der Waals surface area (Å²) in [5.41, 5.74) is 10.3. The Kier molecular flexibility index (Phi) is 3.45. The van der Waals surface area contributed by atoms with E-state index in [0.29, 0.717) is 0 Å². The van der Waals surface area contributed by atoms with Crippen LogP contribution in [0.4, 0.5) is 5.69 Å². The van der Waals surface area contributed by atoms with Gasteiger partial charge in [0.25, 0.3) is 0 Å². The van der Waals surface area contributed by atoms with Crippen LogP contribution in [0.1, 0.15) is 22.7 Å². The highest BCUT2D eigenvalue weighted by Gasteiger charge is 2.10. The molecule has 3 N–H and O–H groups in total. The molecule has 0 heterocycles. The lowest BCUT2D eigenvalue weighted by Crippen LogP contribution is -2.17. The molecule has 0 aliphatic carbocycles. The second-order valence-electron chi connectivity index (χ2n) is 4.30. The van der Waals surface area contributed by atoms with Gasteiger partial charge in [-0.25, -0.2) is 0 Å². The maximum atomic E-state index is 5.71. The van der Waals surface area contributed by atoms with E-state index in [2.05, 4.69) is 48.6 Å². The molecule has 0 amide bonds. The number of aryl methyl sites for hydroxylation is 1. The van der Waals surface area contributed by atoms with E-state index in [0.717, 1.165) is 5.69 Å². The number of anilines is 1. The Balaban J connectivity index is 2.33. The fourth-order valence-corrected chi connectivity index (χ4v) is 1.97. The number of benzene rings is 2. The molecule has 2 rings (SSSR count). The summed E-state index contributed by atoms with van der Waals surface area (Å²) in [5.74, 6) is 0. The lowest BCUT2D eigenvalue weighted by atomic mass is 9.98. The second-order valence-corrected chi connectivity index (χ2v) is 4.30. The Bertz CT molecular complexity index is 426. The first-order valence-corrected chi connectivity index (χ1v) is 5.80. The zero-order valence-electron chi connectivity index (χ0n) is 10.3. The van der Waals surface area contributed by atoms with Crippen molar-refractivity contribution in [3.63, 3.8) is 0 Å². The van der Waals surface area contributed by atoms with Crippen molar-refractivity contribution in [1.29, 1.82) is 0 Å². The topological polar surface area (TPSA) is 38.0 Å². The predicted molar refractivity (Wildman–Crippen MR) is 72.9 cm³/mol. The zero-order valence-corrected chi connectivity index (χ0v) is 10.3. The van der Waals surface area contributed by atoms with Crippen LogP contribution in [-0.2, 0) is 0 Å². The molecule has 0 bridgehead atoms. The number of nitrogens with one attached hydrogen (secondary N) is 1. The van der Waals surface area contributed by atoms with Gasteiger partial charge in [0.15, 0.2) is 0 Å². The van der Waals surface area contributed by atoms with Gasteiger partial charge in [0.05, 0.1) is 6.04 Å². The zero-order chi connectivity index (χ0) is 12.3. The van der Waals surface area contributed by atoms with Gasteiger partial charge in [0, 0.05) is 5.69 Å². The van der Waals surface area contributed by atoms with Crippen LogP contribution in [0.15, 0.2) is 48.5 Å². The summed E-state index contributed by atoms with van der Waals surface area (Å²) in [4.78, 5) is 0. The minimum absolute atomic E-state index is 0.219. The van der Waals surface area contributed by atoms with Crippen molar-refractivity contribution in [2.45, 2.75) is 13.0 Å². The molecule has 1 atom stereocenters. The smallest absolute Gasteiger partial charge is 0.0574 e. The molecule has 88 valence electrons. The molecule has 0 saturated heterocycles. The fourth-order valence-electron chi connectivity index (χ4n) is 1.97. The fraction of sp³-hybridized carbons (Fsp3) is 0.200. The van der Waals surface area contributed by atoms with E-state index < -0.39 is 0 Å². The van der Waals surface area contributed by atoms with E-state index >= 15 is 0 Å². The molecule has 1 unspecified atom stereocenters. The first kappa shape index (κ1) is 11.7. The van der Waals surface area contributed by atoms with Gasteiger partial charge in [-0.3, -0.25) is 0 Å². The molecule has 0 fully saturated rings. The average molecular weight is 226 g/mol. The third kappa shape index (κ3) is 2.66. The van der Waals surface area contributed by atoms with Crippen LogP contribution in [0, 0.1) is 6.92 Å². The summed E-state index contributed by atoms with van der Waals surface area (Å²) < 4.78 is 0. The van der Waals surface area contributed by atoms with Crippen LogP contribution in [0.2, 0.25) is 0 Å². The first-order valence-electron chi connectivity index (χ1n) is 5.80. The van der Waals surface area contributed by atoms with Crippen molar-refractivity contribution in [2.75, 3.05) is 12.8 Å². The molecule has 2 aromatic carbocycles. The summed E-state index contributed by atoms with van der Waals surface area (Å²) >= 11 is 0. The van der Waals surface area contributed by atoms with Gasteiger partial charge in [0.2, 0.25) is 0 Å². The molecule has 0 aliphatic heterocycles.